The minimum atomic E-state index is -1.52. The summed E-state index contributed by atoms with van der Waals surface area (Å²) in [5, 5.41) is 7.85. The zero-order valence-corrected chi connectivity index (χ0v) is 37.8. The van der Waals surface area contributed by atoms with Crippen molar-refractivity contribution in [1.29, 1.82) is 0 Å². The molecule has 0 heterocycles. The number of carbonyl (C=O) groups is 7. The lowest BCUT2D eigenvalue weighted by Crippen LogP contribution is -2.54. The van der Waals surface area contributed by atoms with Crippen LogP contribution in [0.2, 0.25) is 0 Å². The van der Waals surface area contributed by atoms with Crippen molar-refractivity contribution in [3.8, 4) is 0 Å². The Labute approximate surface area is 387 Å². The van der Waals surface area contributed by atoms with Crippen molar-refractivity contribution in [2.24, 2.45) is 0 Å². The van der Waals surface area contributed by atoms with Gasteiger partial charge < -0.3 is 34.9 Å². The van der Waals surface area contributed by atoms with Crippen LogP contribution in [0.4, 0.5) is 0 Å². The summed E-state index contributed by atoms with van der Waals surface area (Å²) in [5.74, 6) is -5.12. The maximum atomic E-state index is 14.1. The van der Waals surface area contributed by atoms with Crippen molar-refractivity contribution in [2.45, 2.75) is 135 Å². The number of hydrogen-bond donors (Lipinski definition) is 3. The number of ether oxygens (including phenoxy) is 4. The summed E-state index contributed by atoms with van der Waals surface area (Å²) in [6.45, 7) is 1.93. The average Bonchev–Trinajstić information content (AvgIpc) is 3.34. The van der Waals surface area contributed by atoms with Gasteiger partial charge in [-0.1, -0.05) is 167 Å². The number of unbranched alkanes of at least 4 members (excludes halogenated alkanes) is 6. The maximum absolute atomic E-state index is 14.1. The van der Waals surface area contributed by atoms with Gasteiger partial charge in [0.25, 0.3) is 0 Å². The minimum Gasteiger partial charge on any atom is -0.461 e. The van der Waals surface area contributed by atoms with Crippen LogP contribution in [0.25, 0.3) is 0 Å². The number of amides is 3. The molecule has 3 unspecified atom stereocenters. The van der Waals surface area contributed by atoms with E-state index in [1.165, 1.54) is 0 Å². The molecule has 4 aromatic rings. The predicted molar refractivity (Wildman–Crippen MR) is 246 cm³/mol. The third-order valence-electron chi connectivity index (χ3n) is 10.5. The summed E-state index contributed by atoms with van der Waals surface area (Å²) in [7, 11) is 0. The second kappa shape index (κ2) is 30.3. The molecule has 352 valence electrons. The SMILES string of the molecule is CCCCCCCCCC(=O)NC(CC(=O)NC(CCC(=O)OCc1ccccc1)C(=O)OCc1ccccc1)C(=O)NC(CCC(=O)OCc1ccccc1)C(=O)OCc1ccccc1. The molecule has 0 spiro atoms. The highest BCUT2D eigenvalue weighted by molar-refractivity contribution is 5.95. The number of carbonyl (C=O) groups excluding carboxylic acids is 7. The first-order chi connectivity index (χ1) is 32.1. The van der Waals surface area contributed by atoms with E-state index in [2.05, 4.69) is 22.9 Å². The highest BCUT2D eigenvalue weighted by atomic mass is 16.5. The van der Waals surface area contributed by atoms with E-state index in [4.69, 9.17) is 18.9 Å². The van der Waals surface area contributed by atoms with Crippen molar-refractivity contribution in [3.63, 3.8) is 0 Å². The third kappa shape index (κ3) is 21.2. The molecule has 4 aromatic carbocycles. The normalized spacial score (nSPS) is 12.1. The summed E-state index contributed by atoms with van der Waals surface area (Å²) in [6, 6.07) is 31.7. The molecule has 66 heavy (non-hydrogen) atoms. The van der Waals surface area contributed by atoms with Crippen molar-refractivity contribution in [2.75, 3.05) is 0 Å². The van der Waals surface area contributed by atoms with Crippen LogP contribution in [-0.2, 0) is 78.9 Å². The van der Waals surface area contributed by atoms with Gasteiger partial charge in [-0.2, -0.15) is 0 Å². The lowest BCUT2D eigenvalue weighted by Gasteiger charge is -2.24. The zero-order chi connectivity index (χ0) is 47.2. The molecule has 0 saturated heterocycles. The maximum Gasteiger partial charge on any atom is 0.328 e. The van der Waals surface area contributed by atoms with Crippen LogP contribution in [0.1, 0.15) is 113 Å². The summed E-state index contributed by atoms with van der Waals surface area (Å²) in [4.78, 5) is 94.0. The smallest absolute Gasteiger partial charge is 0.328 e. The second-order valence-corrected chi connectivity index (χ2v) is 15.9. The van der Waals surface area contributed by atoms with E-state index in [9.17, 15) is 33.6 Å². The fourth-order valence-corrected chi connectivity index (χ4v) is 6.73. The Morgan fingerprint density at radius 1 is 0.409 bits per heavy atom. The number of hydrogen-bond acceptors (Lipinski definition) is 11. The van der Waals surface area contributed by atoms with Crippen molar-refractivity contribution >= 4 is 41.6 Å². The fraction of sp³-hybridized carbons (Fsp3) is 0.404. The molecule has 4 rings (SSSR count). The van der Waals surface area contributed by atoms with Crippen LogP contribution < -0.4 is 16.0 Å². The first kappa shape index (κ1) is 51.8. The van der Waals surface area contributed by atoms with Gasteiger partial charge in [-0.3, -0.25) is 24.0 Å². The number of benzene rings is 4. The summed E-state index contributed by atoms with van der Waals surface area (Å²) >= 11 is 0. The summed E-state index contributed by atoms with van der Waals surface area (Å²) in [5.41, 5.74) is 2.92. The van der Waals surface area contributed by atoms with E-state index in [1.54, 1.807) is 72.8 Å². The fourth-order valence-electron chi connectivity index (χ4n) is 6.73. The summed E-state index contributed by atoms with van der Waals surface area (Å²) < 4.78 is 21.9. The molecule has 14 heteroatoms. The molecule has 0 radical (unpaired) electrons. The van der Waals surface area contributed by atoms with Gasteiger partial charge in [0.15, 0.2) is 0 Å². The van der Waals surface area contributed by atoms with Gasteiger partial charge in [0.1, 0.15) is 44.6 Å². The van der Waals surface area contributed by atoms with Crippen molar-refractivity contribution < 1.29 is 52.5 Å². The van der Waals surface area contributed by atoms with Gasteiger partial charge in [0.2, 0.25) is 17.7 Å². The van der Waals surface area contributed by atoms with Crippen LogP contribution in [0.15, 0.2) is 121 Å². The predicted octanol–water partition coefficient (Wildman–Crippen LogP) is 7.51. The first-order valence-electron chi connectivity index (χ1n) is 22.8. The van der Waals surface area contributed by atoms with Crippen LogP contribution in [-0.4, -0.2) is 59.7 Å². The molecule has 0 aliphatic carbocycles. The van der Waals surface area contributed by atoms with Crippen LogP contribution in [0, 0.1) is 0 Å². The molecule has 0 fully saturated rings. The average molecular weight is 906 g/mol. The van der Waals surface area contributed by atoms with E-state index < -0.39 is 66.1 Å². The molecule has 0 bridgehead atoms. The third-order valence-corrected chi connectivity index (χ3v) is 10.5. The Morgan fingerprint density at radius 3 is 1.20 bits per heavy atom. The van der Waals surface area contributed by atoms with E-state index in [0.717, 1.165) is 49.7 Å². The van der Waals surface area contributed by atoms with E-state index in [1.807, 2.05) is 48.5 Å². The topological polar surface area (TPSA) is 192 Å². The van der Waals surface area contributed by atoms with Gasteiger partial charge >= 0.3 is 23.9 Å². The number of nitrogens with one attached hydrogen (secondary N) is 3. The Morgan fingerprint density at radius 2 is 0.773 bits per heavy atom. The minimum absolute atomic E-state index is 0.00672. The van der Waals surface area contributed by atoms with Crippen LogP contribution in [0.5, 0.6) is 0 Å². The lowest BCUT2D eigenvalue weighted by atomic mass is 10.1. The Hall–Kier alpha value is -6.83. The Kier molecular flexibility index (Phi) is 23.8. The van der Waals surface area contributed by atoms with Crippen LogP contribution >= 0.6 is 0 Å². The quantitative estimate of drug-likeness (QED) is 0.0267. The Bertz CT molecular complexity index is 2090. The van der Waals surface area contributed by atoms with Gasteiger partial charge in [-0.15, -0.1) is 0 Å². The van der Waals surface area contributed by atoms with Gasteiger partial charge in [-0.25, -0.2) is 9.59 Å². The van der Waals surface area contributed by atoms with E-state index >= 15 is 0 Å². The molecule has 3 atom stereocenters. The Balaban J connectivity index is 1.48. The van der Waals surface area contributed by atoms with Gasteiger partial charge in [-0.05, 0) is 41.5 Å². The lowest BCUT2D eigenvalue weighted by molar-refractivity contribution is -0.152. The molecule has 0 aromatic heterocycles. The molecule has 3 amide bonds. The van der Waals surface area contributed by atoms with E-state index in [0.29, 0.717) is 17.5 Å². The first-order valence-corrected chi connectivity index (χ1v) is 22.8. The molecule has 3 N–H and O–H groups in total. The highest BCUT2D eigenvalue weighted by Gasteiger charge is 2.32. The van der Waals surface area contributed by atoms with Crippen molar-refractivity contribution in [1.82, 2.24) is 16.0 Å². The molecule has 0 saturated carbocycles. The van der Waals surface area contributed by atoms with Gasteiger partial charge in [0, 0.05) is 19.3 Å². The van der Waals surface area contributed by atoms with Crippen molar-refractivity contribution in [3.05, 3.63) is 144 Å². The van der Waals surface area contributed by atoms with Crippen LogP contribution in [0.3, 0.4) is 0 Å². The molecule has 14 nitrogen and oxygen atoms in total. The second-order valence-electron chi connectivity index (χ2n) is 15.9. The largest absolute Gasteiger partial charge is 0.461 e. The molecule has 0 aliphatic heterocycles. The summed E-state index contributed by atoms with van der Waals surface area (Å²) in [6.07, 6.45) is 5.19. The molecular formula is C52H63N3O11. The highest BCUT2D eigenvalue weighted by Crippen LogP contribution is 2.13. The monoisotopic (exact) mass is 905 g/mol. The number of rotatable bonds is 30. The molecular weight excluding hydrogens is 843 g/mol. The zero-order valence-electron chi connectivity index (χ0n) is 37.8. The number of esters is 4. The standard InChI is InChI=1S/C52H63N3O11/c1-2-3-4-5-6-7-20-29-46(56)54-45(50(60)55-44(52(62)66-38-42-27-18-11-19-28-42)31-33-49(59)64-36-40-23-14-9-15-24-40)34-47(57)53-43(51(61)65-37-41-25-16-10-17-26-41)30-32-48(58)63-35-39-21-12-8-13-22-39/h8-19,21-28,43-45H,2-7,20,29-38H2,1H3,(H,53,57)(H,54,56)(H,55,60). The van der Waals surface area contributed by atoms with E-state index in [-0.39, 0.29) is 58.5 Å². The molecule has 0 aliphatic rings. The van der Waals surface area contributed by atoms with Gasteiger partial charge in [0.05, 0.1) is 6.42 Å².